The highest BCUT2D eigenvalue weighted by Gasteiger charge is 2.39. The lowest BCUT2D eigenvalue weighted by Crippen LogP contribution is -2.05. The molecule has 0 radical (unpaired) electrons. The van der Waals surface area contributed by atoms with E-state index < -0.39 is 12.3 Å². The number of rotatable bonds is 4. The van der Waals surface area contributed by atoms with Crippen molar-refractivity contribution >= 4 is 16.7 Å². The second-order valence-electron chi connectivity index (χ2n) is 4.59. The van der Waals surface area contributed by atoms with E-state index in [4.69, 9.17) is 18.9 Å². The van der Waals surface area contributed by atoms with E-state index in [1.54, 1.807) is 7.11 Å². The highest BCUT2D eigenvalue weighted by molar-refractivity contribution is 6.07. The van der Waals surface area contributed by atoms with E-state index in [0.29, 0.717) is 29.2 Å². The first-order valence-electron chi connectivity index (χ1n) is 6.72. The van der Waals surface area contributed by atoms with Crippen LogP contribution in [0.25, 0.3) is 10.8 Å². The third-order valence-electron chi connectivity index (χ3n) is 3.54. The van der Waals surface area contributed by atoms with E-state index in [-0.39, 0.29) is 0 Å². The first-order chi connectivity index (χ1) is 10.2. The highest BCUT2D eigenvalue weighted by Crippen LogP contribution is 2.48. The lowest BCUT2D eigenvalue weighted by atomic mass is 9.98. The van der Waals surface area contributed by atoms with Crippen LogP contribution in [-0.2, 0) is 9.47 Å². The van der Waals surface area contributed by atoms with Crippen LogP contribution in [0.2, 0.25) is 0 Å². The summed E-state index contributed by atoms with van der Waals surface area (Å²) in [6.07, 6.45) is -0.758. The van der Waals surface area contributed by atoms with Crippen LogP contribution in [0, 0.1) is 0 Å². The molecule has 0 amide bonds. The highest BCUT2D eigenvalue weighted by atomic mass is 16.7. The third-order valence-corrected chi connectivity index (χ3v) is 3.54. The molecule has 0 saturated heterocycles. The minimum atomic E-state index is -0.758. The van der Waals surface area contributed by atoms with Gasteiger partial charge in [-0.25, -0.2) is 4.79 Å². The molecule has 21 heavy (non-hydrogen) atoms. The minimum Gasteiger partial charge on any atom is -0.496 e. The molecule has 1 atom stereocenters. The average Bonchev–Trinajstić information content (AvgIpc) is 2.82. The number of benzene rings is 2. The molecule has 0 fully saturated rings. The lowest BCUT2D eigenvalue weighted by Gasteiger charge is -2.17. The van der Waals surface area contributed by atoms with Gasteiger partial charge in [-0.1, -0.05) is 24.3 Å². The molecule has 5 nitrogen and oxygen atoms in total. The van der Waals surface area contributed by atoms with Gasteiger partial charge in [0.2, 0.25) is 6.29 Å². The summed E-state index contributed by atoms with van der Waals surface area (Å²) in [7, 11) is 3.11. The molecule has 1 heterocycles. The summed E-state index contributed by atoms with van der Waals surface area (Å²) in [5.74, 6) is 0.628. The molecule has 0 N–H and O–H groups in total. The van der Waals surface area contributed by atoms with Gasteiger partial charge < -0.3 is 18.9 Å². The van der Waals surface area contributed by atoms with Crippen molar-refractivity contribution in [3.63, 3.8) is 0 Å². The van der Waals surface area contributed by atoms with Crippen molar-refractivity contribution in [2.45, 2.75) is 13.2 Å². The molecule has 1 unspecified atom stereocenters. The number of carbonyl (C=O) groups is 1. The fraction of sp³-hybridized carbons (Fsp3) is 0.312. The Hall–Kier alpha value is -2.27. The van der Waals surface area contributed by atoms with Crippen LogP contribution < -0.4 is 9.47 Å². The number of cyclic esters (lactones) is 1. The van der Waals surface area contributed by atoms with Gasteiger partial charge in [-0.05, 0) is 6.92 Å². The number of carbonyl (C=O) groups excluding carboxylic acids is 1. The third kappa shape index (κ3) is 1.93. The van der Waals surface area contributed by atoms with Crippen molar-refractivity contribution in [3.8, 4) is 11.5 Å². The van der Waals surface area contributed by atoms with Gasteiger partial charge in [0, 0.05) is 17.4 Å². The molecule has 110 valence electrons. The number of ether oxygens (including phenoxy) is 4. The number of fused-ring (bicyclic) bond motifs is 2. The standard InChI is InChI=1S/C16H16O5/c1-4-20-16-12-11(15(17)21-16)13(18-2)9-7-5-6-8-10(9)14(12)19-3/h5-8,16H,4H2,1-3H3. The topological polar surface area (TPSA) is 54.0 Å². The van der Waals surface area contributed by atoms with E-state index in [9.17, 15) is 4.79 Å². The summed E-state index contributed by atoms with van der Waals surface area (Å²) >= 11 is 0. The summed E-state index contributed by atoms with van der Waals surface area (Å²) in [6.45, 7) is 2.27. The molecule has 2 aromatic rings. The molecular weight excluding hydrogens is 272 g/mol. The number of esters is 1. The fourth-order valence-electron chi connectivity index (χ4n) is 2.74. The zero-order valence-electron chi connectivity index (χ0n) is 12.1. The van der Waals surface area contributed by atoms with Gasteiger partial charge in [0.1, 0.15) is 17.1 Å². The van der Waals surface area contributed by atoms with E-state index in [1.807, 2.05) is 31.2 Å². The van der Waals surface area contributed by atoms with E-state index >= 15 is 0 Å². The summed E-state index contributed by atoms with van der Waals surface area (Å²) in [4.78, 5) is 12.2. The van der Waals surface area contributed by atoms with Gasteiger partial charge in [0.15, 0.2) is 0 Å². The number of hydrogen-bond acceptors (Lipinski definition) is 5. The Morgan fingerprint density at radius 3 is 2.29 bits per heavy atom. The summed E-state index contributed by atoms with van der Waals surface area (Å²) < 4.78 is 21.8. The monoisotopic (exact) mass is 288 g/mol. The van der Waals surface area contributed by atoms with E-state index in [1.165, 1.54) is 7.11 Å². The van der Waals surface area contributed by atoms with Gasteiger partial charge >= 0.3 is 5.97 Å². The smallest absolute Gasteiger partial charge is 0.345 e. The maximum Gasteiger partial charge on any atom is 0.345 e. The van der Waals surface area contributed by atoms with Crippen molar-refractivity contribution in [1.82, 2.24) is 0 Å². The molecule has 2 aromatic carbocycles. The van der Waals surface area contributed by atoms with Gasteiger partial charge in [0.25, 0.3) is 0 Å². The average molecular weight is 288 g/mol. The molecule has 0 aliphatic carbocycles. The summed E-state index contributed by atoms with van der Waals surface area (Å²) in [6, 6.07) is 7.60. The predicted octanol–water partition coefficient (Wildman–Crippen LogP) is 3.06. The van der Waals surface area contributed by atoms with Crippen LogP contribution in [0.4, 0.5) is 0 Å². The van der Waals surface area contributed by atoms with Crippen molar-refractivity contribution in [2.24, 2.45) is 0 Å². The molecule has 0 spiro atoms. The summed E-state index contributed by atoms with van der Waals surface area (Å²) in [5, 5.41) is 1.67. The molecule has 5 heteroatoms. The first-order valence-corrected chi connectivity index (χ1v) is 6.72. The van der Waals surface area contributed by atoms with Crippen LogP contribution in [0.15, 0.2) is 24.3 Å². The van der Waals surface area contributed by atoms with Gasteiger partial charge in [0.05, 0.1) is 19.8 Å². The summed E-state index contributed by atoms with van der Waals surface area (Å²) in [5.41, 5.74) is 0.978. The lowest BCUT2D eigenvalue weighted by molar-refractivity contribution is -0.0999. The van der Waals surface area contributed by atoms with Crippen molar-refractivity contribution in [3.05, 3.63) is 35.4 Å². The van der Waals surface area contributed by atoms with Gasteiger partial charge in [-0.15, -0.1) is 0 Å². The Balaban J connectivity index is 2.40. The van der Waals surface area contributed by atoms with Gasteiger partial charge in [-0.2, -0.15) is 0 Å². The second kappa shape index (κ2) is 5.26. The van der Waals surface area contributed by atoms with E-state index in [2.05, 4.69) is 0 Å². The van der Waals surface area contributed by atoms with Crippen LogP contribution in [-0.4, -0.2) is 26.8 Å². The Morgan fingerprint density at radius 2 is 1.71 bits per heavy atom. The van der Waals surface area contributed by atoms with Gasteiger partial charge in [-0.3, -0.25) is 0 Å². The molecule has 0 bridgehead atoms. The maximum absolute atomic E-state index is 12.2. The molecule has 0 saturated carbocycles. The second-order valence-corrected chi connectivity index (χ2v) is 4.59. The largest absolute Gasteiger partial charge is 0.496 e. The Morgan fingerprint density at radius 1 is 1.10 bits per heavy atom. The Kier molecular flexibility index (Phi) is 3.43. The number of hydrogen-bond donors (Lipinski definition) is 0. The Bertz CT molecular complexity index is 707. The molecule has 0 aromatic heterocycles. The fourth-order valence-corrected chi connectivity index (χ4v) is 2.74. The van der Waals surface area contributed by atoms with Crippen LogP contribution >= 0.6 is 0 Å². The Labute approximate surface area is 122 Å². The maximum atomic E-state index is 12.2. The zero-order valence-corrected chi connectivity index (χ0v) is 12.1. The minimum absolute atomic E-state index is 0.381. The zero-order chi connectivity index (χ0) is 15.0. The SMILES string of the molecule is CCOC1OC(=O)c2c1c(OC)c1ccccc1c2OC. The van der Waals surface area contributed by atoms with E-state index in [0.717, 1.165) is 10.8 Å². The van der Waals surface area contributed by atoms with Crippen LogP contribution in [0.3, 0.4) is 0 Å². The van der Waals surface area contributed by atoms with Crippen LogP contribution in [0.5, 0.6) is 11.5 Å². The van der Waals surface area contributed by atoms with Crippen molar-refractivity contribution in [2.75, 3.05) is 20.8 Å². The van der Waals surface area contributed by atoms with Crippen LogP contribution in [0.1, 0.15) is 29.1 Å². The molecule has 3 rings (SSSR count). The quantitative estimate of drug-likeness (QED) is 0.809. The molecular formula is C16H16O5. The predicted molar refractivity (Wildman–Crippen MR) is 76.8 cm³/mol. The molecule has 1 aliphatic heterocycles. The normalized spacial score (nSPS) is 16.7. The number of methoxy groups -OCH3 is 2. The molecule has 1 aliphatic rings. The van der Waals surface area contributed by atoms with Crippen molar-refractivity contribution in [1.29, 1.82) is 0 Å². The first kappa shape index (κ1) is 13.7. The van der Waals surface area contributed by atoms with Crippen molar-refractivity contribution < 1.29 is 23.7 Å².